The van der Waals surface area contributed by atoms with E-state index in [0.29, 0.717) is 22.4 Å². The molecule has 0 saturated heterocycles. The number of hydrogen-bond donors (Lipinski definition) is 1. The van der Waals surface area contributed by atoms with E-state index in [4.69, 9.17) is 16.3 Å². The van der Waals surface area contributed by atoms with E-state index in [0.717, 1.165) is 11.1 Å². The van der Waals surface area contributed by atoms with E-state index in [1.54, 1.807) is 19.2 Å². The van der Waals surface area contributed by atoms with Gasteiger partial charge in [0.2, 0.25) is 0 Å². The molecule has 1 aromatic heterocycles. The third-order valence-electron chi connectivity index (χ3n) is 2.55. The number of nitrogens with one attached hydrogen (secondary N) is 1. The number of amides is 1. The Balaban J connectivity index is 1.95. The number of thiophene rings is 1. The lowest BCUT2D eigenvalue weighted by Crippen LogP contribution is -2.21. The highest BCUT2D eigenvalue weighted by Gasteiger charge is 2.08. The van der Waals surface area contributed by atoms with E-state index >= 15 is 0 Å². The summed E-state index contributed by atoms with van der Waals surface area (Å²) in [6.45, 7) is 1.06. The van der Waals surface area contributed by atoms with E-state index < -0.39 is 0 Å². The average molecular weight is 296 g/mol. The van der Waals surface area contributed by atoms with Gasteiger partial charge in [-0.05, 0) is 23.3 Å². The number of carbonyl (C=O) groups is 1. The van der Waals surface area contributed by atoms with Crippen LogP contribution in [0, 0.1) is 0 Å². The Bertz CT molecular complexity index is 568. The number of halogens is 1. The fourth-order valence-electron chi connectivity index (χ4n) is 1.70. The summed E-state index contributed by atoms with van der Waals surface area (Å²) in [5, 5.41) is 2.87. The van der Waals surface area contributed by atoms with Crippen LogP contribution in [0.4, 0.5) is 0 Å². The van der Waals surface area contributed by atoms with Crippen LogP contribution in [0.3, 0.4) is 0 Å². The van der Waals surface area contributed by atoms with Gasteiger partial charge in [-0.15, -0.1) is 11.3 Å². The first-order valence-corrected chi connectivity index (χ1v) is 6.99. The molecule has 2 rings (SSSR count). The molecule has 0 aliphatic rings. The van der Waals surface area contributed by atoms with Crippen LogP contribution < -0.4 is 5.32 Å². The molecular formula is C14H14ClNO2S. The predicted molar refractivity (Wildman–Crippen MR) is 77.7 cm³/mol. The highest BCUT2D eigenvalue weighted by atomic mass is 35.5. The monoisotopic (exact) mass is 295 g/mol. The van der Waals surface area contributed by atoms with Gasteiger partial charge in [-0.3, -0.25) is 4.79 Å². The van der Waals surface area contributed by atoms with Gasteiger partial charge in [0.1, 0.15) is 0 Å². The van der Waals surface area contributed by atoms with Gasteiger partial charge in [0, 0.05) is 13.7 Å². The summed E-state index contributed by atoms with van der Waals surface area (Å²) < 4.78 is 5.70. The number of benzene rings is 1. The molecule has 0 atom stereocenters. The molecule has 0 fully saturated rings. The molecule has 1 amide bonds. The van der Waals surface area contributed by atoms with Crippen molar-refractivity contribution in [1.29, 1.82) is 0 Å². The SMILES string of the molecule is COCc1cccc(CNC(=O)c2ccc(Cl)s2)c1. The summed E-state index contributed by atoms with van der Waals surface area (Å²) in [6.07, 6.45) is 0. The van der Waals surface area contributed by atoms with Crippen LogP contribution in [-0.4, -0.2) is 13.0 Å². The van der Waals surface area contributed by atoms with Crippen LogP contribution in [0.15, 0.2) is 36.4 Å². The first kappa shape index (κ1) is 14.1. The van der Waals surface area contributed by atoms with Gasteiger partial charge in [-0.25, -0.2) is 0 Å². The Labute approximate surface area is 121 Å². The Morgan fingerprint density at radius 2 is 2.11 bits per heavy atom. The van der Waals surface area contributed by atoms with Crippen molar-refractivity contribution in [2.45, 2.75) is 13.2 Å². The minimum atomic E-state index is -0.103. The normalized spacial score (nSPS) is 10.4. The largest absolute Gasteiger partial charge is 0.380 e. The van der Waals surface area contributed by atoms with Crippen LogP contribution in [0.2, 0.25) is 4.34 Å². The third kappa shape index (κ3) is 4.06. The van der Waals surface area contributed by atoms with Crippen molar-refractivity contribution in [3.05, 3.63) is 56.7 Å². The minimum absolute atomic E-state index is 0.103. The van der Waals surface area contributed by atoms with Crippen LogP contribution in [-0.2, 0) is 17.9 Å². The maximum absolute atomic E-state index is 11.9. The molecule has 0 bridgehead atoms. The van der Waals surface area contributed by atoms with E-state index in [1.165, 1.54) is 11.3 Å². The molecule has 0 aliphatic carbocycles. The Kier molecular flexibility index (Phi) is 4.96. The molecule has 100 valence electrons. The lowest BCUT2D eigenvalue weighted by atomic mass is 10.1. The van der Waals surface area contributed by atoms with Crippen molar-refractivity contribution in [1.82, 2.24) is 5.32 Å². The number of hydrogen-bond acceptors (Lipinski definition) is 3. The Morgan fingerprint density at radius 3 is 2.79 bits per heavy atom. The van der Waals surface area contributed by atoms with Crippen molar-refractivity contribution < 1.29 is 9.53 Å². The second-order valence-corrected chi connectivity index (χ2v) is 5.75. The fourth-order valence-corrected chi connectivity index (χ4v) is 2.66. The molecule has 1 N–H and O–H groups in total. The molecule has 0 spiro atoms. The van der Waals surface area contributed by atoms with E-state index in [9.17, 15) is 4.79 Å². The molecule has 5 heteroatoms. The van der Waals surface area contributed by atoms with Crippen molar-refractivity contribution in [2.24, 2.45) is 0 Å². The molecular weight excluding hydrogens is 282 g/mol. The highest BCUT2D eigenvalue weighted by molar-refractivity contribution is 7.17. The Hall–Kier alpha value is -1.36. The summed E-state index contributed by atoms with van der Waals surface area (Å²) in [7, 11) is 1.66. The minimum Gasteiger partial charge on any atom is -0.380 e. The zero-order chi connectivity index (χ0) is 13.7. The standard InChI is InChI=1S/C14H14ClNO2S/c1-18-9-11-4-2-3-10(7-11)8-16-14(17)12-5-6-13(15)19-12/h2-7H,8-9H2,1H3,(H,16,17). The zero-order valence-electron chi connectivity index (χ0n) is 10.5. The van der Waals surface area contributed by atoms with E-state index in [1.807, 2.05) is 24.3 Å². The number of methoxy groups -OCH3 is 1. The van der Waals surface area contributed by atoms with Crippen LogP contribution >= 0.6 is 22.9 Å². The smallest absolute Gasteiger partial charge is 0.261 e. The predicted octanol–water partition coefficient (Wildman–Crippen LogP) is 3.48. The lowest BCUT2D eigenvalue weighted by Gasteiger charge is -2.06. The molecule has 19 heavy (non-hydrogen) atoms. The molecule has 0 unspecified atom stereocenters. The second-order valence-electron chi connectivity index (χ2n) is 4.04. The number of carbonyl (C=O) groups excluding carboxylic acids is 1. The fraction of sp³-hybridized carbons (Fsp3) is 0.214. The molecule has 0 aliphatic heterocycles. The average Bonchev–Trinajstić information content (AvgIpc) is 2.84. The van der Waals surface area contributed by atoms with E-state index in [2.05, 4.69) is 5.32 Å². The maximum atomic E-state index is 11.9. The van der Waals surface area contributed by atoms with Gasteiger partial charge in [0.25, 0.3) is 5.91 Å². The zero-order valence-corrected chi connectivity index (χ0v) is 12.1. The van der Waals surface area contributed by atoms with Crippen molar-refractivity contribution >= 4 is 28.8 Å². The third-order valence-corrected chi connectivity index (χ3v) is 3.78. The summed E-state index contributed by atoms with van der Waals surface area (Å²) in [5.74, 6) is -0.103. The molecule has 3 nitrogen and oxygen atoms in total. The first-order valence-electron chi connectivity index (χ1n) is 5.79. The molecule has 1 aromatic carbocycles. The highest BCUT2D eigenvalue weighted by Crippen LogP contribution is 2.21. The maximum Gasteiger partial charge on any atom is 0.261 e. The van der Waals surface area contributed by atoms with Gasteiger partial charge < -0.3 is 10.1 Å². The van der Waals surface area contributed by atoms with Gasteiger partial charge in [0.15, 0.2) is 0 Å². The molecule has 0 radical (unpaired) electrons. The van der Waals surface area contributed by atoms with Crippen LogP contribution in [0.1, 0.15) is 20.8 Å². The lowest BCUT2D eigenvalue weighted by molar-refractivity contribution is 0.0955. The quantitative estimate of drug-likeness (QED) is 0.917. The molecule has 1 heterocycles. The van der Waals surface area contributed by atoms with Crippen LogP contribution in [0.5, 0.6) is 0 Å². The van der Waals surface area contributed by atoms with Crippen molar-refractivity contribution in [3.8, 4) is 0 Å². The van der Waals surface area contributed by atoms with Gasteiger partial charge in [-0.1, -0.05) is 35.9 Å². The molecule has 2 aromatic rings. The van der Waals surface area contributed by atoms with Gasteiger partial charge >= 0.3 is 0 Å². The summed E-state index contributed by atoms with van der Waals surface area (Å²) in [4.78, 5) is 12.5. The van der Waals surface area contributed by atoms with E-state index in [-0.39, 0.29) is 5.91 Å². The van der Waals surface area contributed by atoms with Crippen molar-refractivity contribution in [3.63, 3.8) is 0 Å². The summed E-state index contributed by atoms with van der Waals surface area (Å²) in [6, 6.07) is 11.4. The van der Waals surface area contributed by atoms with Gasteiger partial charge in [-0.2, -0.15) is 0 Å². The summed E-state index contributed by atoms with van der Waals surface area (Å²) >= 11 is 7.08. The molecule has 0 saturated carbocycles. The van der Waals surface area contributed by atoms with Crippen LogP contribution in [0.25, 0.3) is 0 Å². The number of ether oxygens (including phenoxy) is 1. The van der Waals surface area contributed by atoms with Gasteiger partial charge in [0.05, 0.1) is 15.8 Å². The second kappa shape index (κ2) is 6.70. The summed E-state index contributed by atoms with van der Waals surface area (Å²) in [5.41, 5.74) is 2.14. The number of rotatable bonds is 5. The topological polar surface area (TPSA) is 38.3 Å². The first-order chi connectivity index (χ1) is 9.19. The Morgan fingerprint density at radius 1 is 1.32 bits per heavy atom. The van der Waals surface area contributed by atoms with Crippen molar-refractivity contribution in [2.75, 3.05) is 7.11 Å².